The maximum atomic E-state index is 12.2. The number of aliphatic hydroxyl groups is 3. The van der Waals surface area contributed by atoms with E-state index in [1.807, 2.05) is 97.9 Å². The van der Waals surface area contributed by atoms with Gasteiger partial charge in [-0.25, -0.2) is 0 Å². The highest BCUT2D eigenvalue weighted by atomic mass is 16.8. The molecule has 4 N–H and O–H groups in total. The quantitative estimate of drug-likeness (QED) is 0.221. The summed E-state index contributed by atoms with van der Waals surface area (Å²) in [6.45, 7) is 3.26. The van der Waals surface area contributed by atoms with Crippen molar-refractivity contribution in [2.24, 2.45) is 0 Å². The fraction of sp³-hybridized carbons (Fsp3) is 0.457. The zero-order valence-corrected chi connectivity index (χ0v) is 26.0. The number of nitrogens with one attached hydrogen (secondary N) is 1. The SMILES string of the molecule is CC(=O)N[C@@H]1[C@H](O[C@H]2[C@H](OCc3ccccc3)O[C@@H](C)[C@H](OCc3ccccc3)[C@H]2OCc2ccccc2)O[C@H](CO)[C@@H](O)[C@@H]1O. The third kappa shape index (κ3) is 8.77. The third-order valence-corrected chi connectivity index (χ3v) is 8.10. The van der Waals surface area contributed by atoms with Crippen molar-refractivity contribution in [3.05, 3.63) is 108 Å². The summed E-state index contributed by atoms with van der Waals surface area (Å²) in [5, 5.41) is 34.1. The lowest BCUT2D eigenvalue weighted by Crippen LogP contribution is -2.67. The predicted octanol–water partition coefficient (Wildman–Crippen LogP) is 2.45. The molecule has 1 amide bonds. The van der Waals surface area contributed by atoms with Gasteiger partial charge in [-0.15, -0.1) is 0 Å². The van der Waals surface area contributed by atoms with Crippen LogP contribution in [-0.4, -0.2) is 89.2 Å². The second kappa shape index (κ2) is 16.6. The Hall–Kier alpha value is -3.23. The zero-order chi connectivity index (χ0) is 32.5. The lowest BCUT2D eigenvalue weighted by Gasteiger charge is -2.48. The summed E-state index contributed by atoms with van der Waals surface area (Å²) in [5.74, 6) is -0.470. The lowest BCUT2D eigenvalue weighted by molar-refractivity contribution is -0.362. The molecule has 3 aromatic carbocycles. The van der Waals surface area contributed by atoms with Crippen LogP contribution in [0, 0.1) is 0 Å². The van der Waals surface area contributed by atoms with E-state index in [-0.39, 0.29) is 19.8 Å². The van der Waals surface area contributed by atoms with E-state index in [1.54, 1.807) is 0 Å². The molecule has 0 bridgehead atoms. The smallest absolute Gasteiger partial charge is 0.217 e. The molecule has 2 aliphatic heterocycles. The van der Waals surface area contributed by atoms with E-state index < -0.39 is 73.9 Å². The summed E-state index contributed by atoms with van der Waals surface area (Å²) in [6, 6.07) is 27.8. The normalized spacial score (nSPS) is 31.3. The molecule has 10 atom stereocenters. The average molecular weight is 638 g/mol. The first-order valence-corrected chi connectivity index (χ1v) is 15.5. The number of amides is 1. The van der Waals surface area contributed by atoms with E-state index in [9.17, 15) is 20.1 Å². The Labute approximate surface area is 269 Å². The molecule has 2 saturated heterocycles. The van der Waals surface area contributed by atoms with Gasteiger partial charge in [-0.3, -0.25) is 4.79 Å². The number of carbonyl (C=O) groups is 1. The van der Waals surface area contributed by atoms with Gasteiger partial charge in [0.05, 0.1) is 32.5 Å². The van der Waals surface area contributed by atoms with E-state index in [4.69, 9.17) is 28.4 Å². The van der Waals surface area contributed by atoms with Crippen LogP contribution in [-0.2, 0) is 53.0 Å². The van der Waals surface area contributed by atoms with Crippen molar-refractivity contribution in [3.63, 3.8) is 0 Å². The lowest BCUT2D eigenvalue weighted by atomic mass is 9.95. The first-order chi connectivity index (χ1) is 22.3. The largest absolute Gasteiger partial charge is 0.394 e. The summed E-state index contributed by atoms with van der Waals surface area (Å²) >= 11 is 0. The van der Waals surface area contributed by atoms with Crippen LogP contribution in [0.3, 0.4) is 0 Å². The van der Waals surface area contributed by atoms with Gasteiger partial charge in [0, 0.05) is 6.92 Å². The van der Waals surface area contributed by atoms with Gasteiger partial charge in [-0.1, -0.05) is 91.0 Å². The molecule has 0 spiro atoms. The van der Waals surface area contributed by atoms with Gasteiger partial charge in [-0.2, -0.15) is 0 Å². The van der Waals surface area contributed by atoms with E-state index in [0.29, 0.717) is 0 Å². The highest BCUT2D eigenvalue weighted by Crippen LogP contribution is 2.34. The fourth-order valence-corrected chi connectivity index (χ4v) is 5.70. The van der Waals surface area contributed by atoms with Crippen molar-refractivity contribution in [2.45, 2.75) is 95.0 Å². The first kappa shape index (κ1) is 34.1. The molecule has 2 fully saturated rings. The van der Waals surface area contributed by atoms with Crippen molar-refractivity contribution in [1.29, 1.82) is 0 Å². The van der Waals surface area contributed by atoms with Crippen LogP contribution in [0.25, 0.3) is 0 Å². The maximum Gasteiger partial charge on any atom is 0.217 e. The number of carbonyl (C=O) groups excluding carboxylic acids is 1. The molecule has 2 heterocycles. The molecule has 46 heavy (non-hydrogen) atoms. The summed E-state index contributed by atoms with van der Waals surface area (Å²) in [6.07, 6.45) is -9.39. The Morgan fingerprint density at radius 1 is 0.696 bits per heavy atom. The highest BCUT2D eigenvalue weighted by molar-refractivity contribution is 5.73. The summed E-state index contributed by atoms with van der Waals surface area (Å²) < 4.78 is 38.3. The topological polar surface area (TPSA) is 145 Å². The summed E-state index contributed by atoms with van der Waals surface area (Å²) in [4.78, 5) is 12.2. The molecule has 0 aliphatic carbocycles. The fourth-order valence-electron chi connectivity index (χ4n) is 5.70. The molecule has 3 aromatic rings. The number of ether oxygens (including phenoxy) is 6. The molecule has 11 heteroatoms. The minimum absolute atomic E-state index is 0.195. The Balaban J connectivity index is 1.47. The number of benzene rings is 3. The summed E-state index contributed by atoms with van der Waals surface area (Å²) in [5.41, 5.74) is 2.79. The highest BCUT2D eigenvalue weighted by Gasteiger charge is 2.52. The Kier molecular flexibility index (Phi) is 12.3. The maximum absolute atomic E-state index is 12.2. The first-order valence-electron chi connectivity index (χ1n) is 15.5. The monoisotopic (exact) mass is 637 g/mol. The second-order valence-corrected chi connectivity index (χ2v) is 11.6. The van der Waals surface area contributed by atoms with Gasteiger partial charge in [-0.05, 0) is 23.6 Å². The summed E-state index contributed by atoms with van der Waals surface area (Å²) in [7, 11) is 0. The minimum Gasteiger partial charge on any atom is -0.394 e. The van der Waals surface area contributed by atoms with Crippen LogP contribution in [0.1, 0.15) is 30.5 Å². The molecule has 0 unspecified atom stereocenters. The molecule has 2 aliphatic rings. The van der Waals surface area contributed by atoms with Gasteiger partial charge < -0.3 is 49.1 Å². The number of hydrogen-bond acceptors (Lipinski definition) is 10. The van der Waals surface area contributed by atoms with Crippen LogP contribution >= 0.6 is 0 Å². The van der Waals surface area contributed by atoms with Gasteiger partial charge in [0.15, 0.2) is 12.6 Å². The van der Waals surface area contributed by atoms with Gasteiger partial charge in [0.1, 0.15) is 42.7 Å². The van der Waals surface area contributed by atoms with Crippen molar-refractivity contribution in [3.8, 4) is 0 Å². The van der Waals surface area contributed by atoms with Crippen molar-refractivity contribution in [2.75, 3.05) is 6.61 Å². The van der Waals surface area contributed by atoms with Crippen molar-refractivity contribution in [1.82, 2.24) is 5.32 Å². The van der Waals surface area contributed by atoms with Crippen molar-refractivity contribution >= 4 is 5.91 Å². The van der Waals surface area contributed by atoms with Crippen LogP contribution in [0.4, 0.5) is 0 Å². The van der Waals surface area contributed by atoms with Gasteiger partial charge in [0.2, 0.25) is 5.91 Å². The van der Waals surface area contributed by atoms with E-state index >= 15 is 0 Å². The van der Waals surface area contributed by atoms with Crippen LogP contribution in [0.15, 0.2) is 91.0 Å². The van der Waals surface area contributed by atoms with E-state index in [1.165, 1.54) is 6.92 Å². The van der Waals surface area contributed by atoms with Crippen molar-refractivity contribution < 1.29 is 48.5 Å². The molecular weight excluding hydrogens is 594 g/mol. The number of hydrogen-bond donors (Lipinski definition) is 4. The van der Waals surface area contributed by atoms with Gasteiger partial charge in [0.25, 0.3) is 0 Å². The predicted molar refractivity (Wildman–Crippen MR) is 166 cm³/mol. The molecular formula is C35H43NO10. The molecule has 5 rings (SSSR count). The third-order valence-electron chi connectivity index (χ3n) is 8.10. The van der Waals surface area contributed by atoms with E-state index in [0.717, 1.165) is 16.7 Å². The second-order valence-electron chi connectivity index (χ2n) is 11.6. The van der Waals surface area contributed by atoms with Gasteiger partial charge >= 0.3 is 0 Å². The Morgan fingerprint density at radius 3 is 1.70 bits per heavy atom. The number of aliphatic hydroxyl groups excluding tert-OH is 3. The standard InChI is InChI=1S/C35H43NO10/c1-22-31(41-19-24-12-6-3-7-13-24)32(42-20-25-14-8-4-9-15-25)33(35(44-22)43-21-26-16-10-5-11-17-26)46-34-28(36-23(2)38)30(40)29(39)27(18-37)45-34/h3-17,22,27-35,37,39-40H,18-21H2,1-2H3,(H,36,38)/t22-,27+,28-,29+,30+,31-,32+,33+,34-,35+/m0/s1. The average Bonchev–Trinajstić information content (AvgIpc) is 3.07. The Bertz CT molecular complexity index is 1330. The Morgan fingerprint density at radius 2 is 1.20 bits per heavy atom. The van der Waals surface area contributed by atoms with Crippen LogP contribution in [0.2, 0.25) is 0 Å². The minimum atomic E-state index is -1.50. The van der Waals surface area contributed by atoms with Crippen LogP contribution < -0.4 is 5.32 Å². The molecule has 0 saturated carbocycles. The van der Waals surface area contributed by atoms with Crippen LogP contribution in [0.5, 0.6) is 0 Å². The molecule has 0 radical (unpaired) electrons. The number of rotatable bonds is 13. The zero-order valence-electron chi connectivity index (χ0n) is 26.0. The molecule has 0 aromatic heterocycles. The van der Waals surface area contributed by atoms with E-state index in [2.05, 4.69) is 5.32 Å². The molecule has 11 nitrogen and oxygen atoms in total. The molecule has 248 valence electrons.